The van der Waals surface area contributed by atoms with Gasteiger partial charge in [0.2, 0.25) is 0 Å². The Labute approximate surface area is 119 Å². The molecule has 0 unspecified atom stereocenters. The van der Waals surface area contributed by atoms with E-state index in [0.29, 0.717) is 0 Å². The topological polar surface area (TPSA) is 9.23 Å². The third-order valence-corrected chi connectivity index (χ3v) is 26.2. The maximum absolute atomic E-state index is 5.99. The summed E-state index contributed by atoms with van der Waals surface area (Å²) in [6.07, 6.45) is 0. The average Bonchev–Trinajstić information content (AvgIpc) is 1.94. The van der Waals surface area contributed by atoms with E-state index >= 15 is 0 Å². The van der Waals surface area contributed by atoms with Crippen molar-refractivity contribution in [1.82, 2.24) is 0 Å². The first kappa shape index (κ1) is 18.3. The minimum atomic E-state index is -2.89. The van der Waals surface area contributed by atoms with Crippen LogP contribution < -0.4 is 0 Å². The fourth-order valence-electron chi connectivity index (χ4n) is 4.91. The van der Waals surface area contributed by atoms with E-state index in [1.807, 2.05) is 0 Å². The Morgan fingerprint density at radius 3 is 1.28 bits per heavy atom. The second kappa shape index (κ2) is 5.38. The van der Waals surface area contributed by atoms with Crippen molar-refractivity contribution in [1.29, 1.82) is 0 Å². The van der Waals surface area contributed by atoms with Crippen molar-refractivity contribution >= 4 is 18.4 Å². The van der Waals surface area contributed by atoms with Crippen LogP contribution in [0.25, 0.3) is 0 Å². The van der Waals surface area contributed by atoms with Crippen LogP contribution in [0.5, 0.6) is 0 Å². The van der Waals surface area contributed by atoms with Crippen LogP contribution in [0.4, 0.5) is 0 Å². The van der Waals surface area contributed by atoms with Gasteiger partial charge in [0.1, 0.15) is 0 Å². The van der Waals surface area contributed by atoms with Crippen molar-refractivity contribution in [2.24, 2.45) is 0 Å². The van der Waals surface area contributed by atoms with Crippen molar-refractivity contribution in [2.45, 2.75) is 79.5 Å². The van der Waals surface area contributed by atoms with Gasteiger partial charge in [-0.2, -0.15) is 0 Å². The van der Waals surface area contributed by atoms with Crippen molar-refractivity contribution in [2.75, 3.05) is 6.61 Å². The van der Waals surface area contributed by atoms with Crippen LogP contribution in [0, 0.1) is 0 Å². The summed E-state index contributed by atoms with van der Waals surface area (Å²) in [5.41, 5.74) is 0. The number of hydrogen-bond donors (Lipinski definition) is 0. The predicted octanol–water partition coefficient (Wildman–Crippen LogP) is 5.92. The molecule has 0 N–H and O–H groups in total. The first-order valence-corrected chi connectivity index (χ1v) is 12.8. The van der Waals surface area contributed by atoms with E-state index in [4.69, 9.17) is 4.74 Å². The molecule has 1 nitrogen and oxygen atoms in total. The van der Waals surface area contributed by atoms with Crippen molar-refractivity contribution in [3.05, 3.63) is 10.4 Å². The summed E-state index contributed by atoms with van der Waals surface area (Å²) >= 11 is -2.89. The summed E-state index contributed by atoms with van der Waals surface area (Å²) in [7, 11) is 0. The predicted molar refractivity (Wildman–Crippen MR) is 85.7 cm³/mol. The van der Waals surface area contributed by atoms with Crippen molar-refractivity contribution in [3.63, 3.8) is 0 Å². The van der Waals surface area contributed by atoms with Gasteiger partial charge in [0.15, 0.2) is 0 Å². The van der Waals surface area contributed by atoms with Gasteiger partial charge in [-0.15, -0.1) is 0 Å². The fraction of sp³-hybridized carbons (Fsp3) is 0.875. The maximum atomic E-state index is 5.99. The molecular weight excluding hydrogens is 327 g/mol. The van der Waals surface area contributed by atoms with Gasteiger partial charge >= 0.3 is 120 Å². The molecule has 0 bridgehead atoms. The van der Waals surface area contributed by atoms with Crippen molar-refractivity contribution < 1.29 is 4.74 Å². The molecule has 0 aliphatic carbocycles. The zero-order valence-corrected chi connectivity index (χ0v) is 17.2. The van der Waals surface area contributed by atoms with Crippen LogP contribution in [-0.2, 0) is 4.74 Å². The Morgan fingerprint density at radius 1 is 0.833 bits per heavy atom. The van der Waals surface area contributed by atoms with Gasteiger partial charge in [-0.05, 0) is 0 Å². The first-order chi connectivity index (χ1) is 7.73. The molecule has 0 saturated carbocycles. The summed E-state index contributed by atoms with van der Waals surface area (Å²) in [6.45, 7) is 28.7. The van der Waals surface area contributed by atoms with E-state index in [9.17, 15) is 0 Å². The number of ether oxygens (including phenoxy) is 1. The summed E-state index contributed by atoms with van der Waals surface area (Å²) in [5.74, 6) is 0. The molecule has 0 heterocycles. The third kappa shape index (κ3) is 2.91. The molecule has 0 saturated heterocycles. The van der Waals surface area contributed by atoms with E-state index < -0.39 is 18.4 Å². The Balaban J connectivity index is 6.18. The molecule has 0 fully saturated rings. The van der Waals surface area contributed by atoms with Crippen LogP contribution >= 0.6 is 0 Å². The van der Waals surface area contributed by atoms with Gasteiger partial charge in [0, 0.05) is 0 Å². The van der Waals surface area contributed by atoms with Gasteiger partial charge in [-0.25, -0.2) is 0 Å². The molecule has 18 heavy (non-hydrogen) atoms. The molecule has 0 aromatic heterocycles. The Hall–Kier alpha value is 0.339. The quantitative estimate of drug-likeness (QED) is 0.448. The molecule has 0 aromatic carbocycles. The monoisotopic (exact) mass is 362 g/mol. The summed E-state index contributed by atoms with van der Waals surface area (Å²) in [5, 5.41) is 0. The van der Waals surface area contributed by atoms with Crippen molar-refractivity contribution in [3.8, 4) is 0 Å². The fourth-order valence-corrected chi connectivity index (χ4v) is 32.4. The molecule has 0 aliphatic rings. The SMILES string of the molecule is C=[C](OCC)[Sn]([C](C)(C)C)([C](C)(C)C)[C](C)(C)C. The summed E-state index contributed by atoms with van der Waals surface area (Å²) in [6, 6.07) is 0. The molecule has 108 valence electrons. The first-order valence-electron chi connectivity index (χ1n) is 7.05. The van der Waals surface area contributed by atoms with Gasteiger partial charge in [-0.3, -0.25) is 0 Å². The van der Waals surface area contributed by atoms with Crippen LogP contribution in [0.15, 0.2) is 10.4 Å². The van der Waals surface area contributed by atoms with Gasteiger partial charge < -0.3 is 0 Å². The summed E-state index contributed by atoms with van der Waals surface area (Å²) in [4.78, 5) is 0. The van der Waals surface area contributed by atoms with Gasteiger partial charge in [0.25, 0.3) is 0 Å². The normalized spacial score (nSPS) is 14.6. The second-order valence-corrected chi connectivity index (χ2v) is 27.1. The molecule has 0 rings (SSSR count). The van der Waals surface area contributed by atoms with Gasteiger partial charge in [0.05, 0.1) is 0 Å². The van der Waals surface area contributed by atoms with Crippen LogP contribution in [-0.4, -0.2) is 25.0 Å². The number of hydrogen-bond acceptors (Lipinski definition) is 1. The minimum absolute atomic E-state index is 0.289. The average molecular weight is 361 g/mol. The van der Waals surface area contributed by atoms with E-state index in [2.05, 4.69) is 75.8 Å². The molecule has 0 spiro atoms. The number of rotatable bonds is 3. The zero-order chi connectivity index (χ0) is 15.0. The Morgan fingerprint density at radius 2 is 1.11 bits per heavy atom. The van der Waals surface area contributed by atoms with Crippen LogP contribution in [0.3, 0.4) is 0 Å². The summed E-state index contributed by atoms with van der Waals surface area (Å²) < 4.78 is 7.99. The Kier molecular flexibility index (Phi) is 5.48. The standard InChI is InChI=1S/C4H7O.3C4H9.Sn/c1-3-5-4-2;3*1-4(2)3;/h1,4H2,2H3;3*1-3H3;. The molecular formula is C16H34OSn. The third-order valence-electron chi connectivity index (χ3n) is 4.11. The molecule has 2 heteroatoms. The van der Waals surface area contributed by atoms with Gasteiger partial charge in [-0.1, -0.05) is 0 Å². The molecule has 0 aliphatic heterocycles. The Bertz CT molecular complexity index is 260. The van der Waals surface area contributed by atoms with Crippen LogP contribution in [0.2, 0.25) is 10.3 Å². The molecule has 0 atom stereocenters. The molecule has 0 amide bonds. The second-order valence-electron chi connectivity index (χ2n) is 8.36. The van der Waals surface area contributed by atoms with Crippen LogP contribution in [0.1, 0.15) is 69.2 Å². The van der Waals surface area contributed by atoms with E-state index in [-0.39, 0.29) is 10.3 Å². The van der Waals surface area contributed by atoms with E-state index in [1.54, 1.807) is 0 Å². The zero-order valence-electron chi connectivity index (χ0n) is 14.3. The molecule has 0 aromatic rings. The van der Waals surface area contributed by atoms with E-state index in [1.165, 1.54) is 0 Å². The van der Waals surface area contributed by atoms with E-state index in [0.717, 1.165) is 10.4 Å². The molecule has 0 radical (unpaired) electrons.